The molecule has 2 aliphatic heterocycles. The molecule has 2 fully saturated rings. The number of rotatable bonds is 2. The van der Waals surface area contributed by atoms with Crippen LogP contribution in [0.25, 0.3) is 0 Å². The van der Waals surface area contributed by atoms with Gasteiger partial charge in [0.05, 0.1) is 0 Å². The predicted molar refractivity (Wildman–Crippen MR) is 89.0 cm³/mol. The minimum atomic E-state index is -0.421. The first-order valence-corrected chi connectivity index (χ1v) is 8.45. The van der Waals surface area contributed by atoms with Gasteiger partial charge in [-0.05, 0) is 57.9 Å². The molecule has 3 heterocycles. The van der Waals surface area contributed by atoms with Crippen molar-refractivity contribution in [2.45, 2.75) is 45.8 Å². The van der Waals surface area contributed by atoms with Crippen LogP contribution in [0.3, 0.4) is 0 Å². The van der Waals surface area contributed by atoms with Gasteiger partial charge in [-0.1, -0.05) is 0 Å². The van der Waals surface area contributed by atoms with Crippen molar-refractivity contribution in [3.05, 3.63) is 30.1 Å². The maximum absolute atomic E-state index is 12.3. The Morgan fingerprint density at radius 3 is 2.61 bits per heavy atom. The van der Waals surface area contributed by atoms with E-state index >= 15 is 0 Å². The molecule has 2 saturated heterocycles. The molecule has 1 spiro atoms. The van der Waals surface area contributed by atoms with E-state index in [2.05, 4.69) is 22.0 Å². The summed E-state index contributed by atoms with van der Waals surface area (Å²) in [5.41, 5.74) is 1.14. The quantitative estimate of drug-likeness (QED) is 0.841. The summed E-state index contributed by atoms with van der Waals surface area (Å²) in [7, 11) is 0. The van der Waals surface area contributed by atoms with Gasteiger partial charge in [0.15, 0.2) is 0 Å². The van der Waals surface area contributed by atoms with Crippen molar-refractivity contribution in [1.82, 2.24) is 14.8 Å². The Morgan fingerprint density at radius 2 is 1.91 bits per heavy atom. The maximum atomic E-state index is 12.3. The Kier molecular flexibility index (Phi) is 4.32. The molecule has 0 bridgehead atoms. The van der Waals surface area contributed by atoms with Crippen LogP contribution in [0.2, 0.25) is 0 Å². The molecule has 0 aliphatic carbocycles. The van der Waals surface area contributed by atoms with E-state index < -0.39 is 5.60 Å². The number of nitrogens with zero attached hydrogens (tertiary/aromatic N) is 3. The van der Waals surface area contributed by atoms with Crippen molar-refractivity contribution < 1.29 is 9.53 Å². The number of hydrogen-bond acceptors (Lipinski definition) is 4. The van der Waals surface area contributed by atoms with Crippen LogP contribution >= 0.6 is 0 Å². The van der Waals surface area contributed by atoms with Gasteiger partial charge in [-0.25, -0.2) is 4.79 Å². The monoisotopic (exact) mass is 317 g/mol. The van der Waals surface area contributed by atoms with Gasteiger partial charge >= 0.3 is 6.09 Å². The minimum absolute atomic E-state index is 0.165. The van der Waals surface area contributed by atoms with Gasteiger partial charge in [-0.2, -0.15) is 0 Å². The molecule has 0 radical (unpaired) electrons. The summed E-state index contributed by atoms with van der Waals surface area (Å²) < 4.78 is 5.51. The number of hydrogen-bond donors (Lipinski definition) is 0. The van der Waals surface area contributed by atoms with Gasteiger partial charge in [0.2, 0.25) is 0 Å². The van der Waals surface area contributed by atoms with Gasteiger partial charge in [-0.3, -0.25) is 9.88 Å². The van der Waals surface area contributed by atoms with E-state index in [1.54, 1.807) is 0 Å². The van der Waals surface area contributed by atoms with Crippen molar-refractivity contribution >= 4 is 6.09 Å². The molecule has 5 nitrogen and oxygen atoms in total. The van der Waals surface area contributed by atoms with Gasteiger partial charge < -0.3 is 9.64 Å². The highest BCUT2D eigenvalue weighted by Gasteiger charge is 2.45. The Balaban J connectivity index is 1.55. The highest BCUT2D eigenvalue weighted by molar-refractivity contribution is 5.68. The van der Waals surface area contributed by atoms with Crippen molar-refractivity contribution in [2.75, 3.05) is 26.2 Å². The Labute approximate surface area is 138 Å². The zero-order valence-corrected chi connectivity index (χ0v) is 14.4. The summed E-state index contributed by atoms with van der Waals surface area (Å²) >= 11 is 0. The Bertz CT molecular complexity index is 555. The Hall–Kier alpha value is -1.62. The fourth-order valence-electron chi connectivity index (χ4n) is 3.66. The fraction of sp³-hybridized carbons (Fsp3) is 0.667. The number of amides is 1. The second kappa shape index (κ2) is 6.11. The van der Waals surface area contributed by atoms with Crippen LogP contribution < -0.4 is 0 Å². The van der Waals surface area contributed by atoms with Crippen LogP contribution in [-0.4, -0.2) is 52.7 Å². The molecule has 2 aliphatic rings. The molecule has 0 saturated carbocycles. The number of carbonyl (C=O) groups excluding carboxylic acids is 1. The molecule has 1 aromatic heterocycles. The van der Waals surface area contributed by atoms with Gasteiger partial charge in [0, 0.05) is 44.0 Å². The molecule has 1 amide bonds. The first-order valence-electron chi connectivity index (χ1n) is 8.45. The van der Waals surface area contributed by atoms with E-state index in [0.29, 0.717) is 0 Å². The SMILES string of the molecule is CC(C)(C)OC(=O)N1CCC2(CCN(Cc3ccncc3)C2)C1. The molecule has 1 aromatic rings. The van der Waals surface area contributed by atoms with E-state index in [1.807, 2.05) is 38.1 Å². The highest BCUT2D eigenvalue weighted by atomic mass is 16.6. The summed E-state index contributed by atoms with van der Waals surface area (Å²) in [6.45, 7) is 10.5. The number of likely N-dealkylation sites (tertiary alicyclic amines) is 2. The first kappa shape index (κ1) is 16.2. The summed E-state index contributed by atoms with van der Waals surface area (Å²) in [4.78, 5) is 20.7. The molecule has 0 aromatic carbocycles. The lowest BCUT2D eigenvalue weighted by atomic mass is 9.86. The third kappa shape index (κ3) is 4.02. The molecule has 126 valence electrons. The van der Waals surface area contributed by atoms with Crippen LogP contribution in [0.5, 0.6) is 0 Å². The second-order valence-corrected chi connectivity index (χ2v) is 7.97. The van der Waals surface area contributed by atoms with Crippen LogP contribution in [-0.2, 0) is 11.3 Å². The molecule has 5 heteroatoms. The lowest BCUT2D eigenvalue weighted by Gasteiger charge is -2.27. The van der Waals surface area contributed by atoms with Crippen LogP contribution in [0.4, 0.5) is 4.79 Å². The first-order chi connectivity index (χ1) is 10.9. The largest absolute Gasteiger partial charge is 0.444 e. The predicted octanol–water partition coefficient (Wildman–Crippen LogP) is 2.91. The van der Waals surface area contributed by atoms with Crippen LogP contribution in [0.1, 0.15) is 39.2 Å². The summed E-state index contributed by atoms with van der Waals surface area (Å²) in [6.07, 6.45) is 5.78. The Morgan fingerprint density at radius 1 is 1.22 bits per heavy atom. The lowest BCUT2D eigenvalue weighted by Crippen LogP contribution is -2.37. The van der Waals surface area contributed by atoms with E-state index in [4.69, 9.17) is 4.74 Å². The molecular weight excluding hydrogens is 290 g/mol. The third-order valence-corrected chi connectivity index (χ3v) is 4.76. The molecule has 1 atom stereocenters. The standard InChI is InChI=1S/C18H27N3O2/c1-17(2,3)23-16(22)21-11-7-18(14-21)6-10-20(13-18)12-15-4-8-19-9-5-15/h4-5,8-9H,6-7,10-14H2,1-3H3. The zero-order chi connectivity index (χ0) is 16.5. The average Bonchev–Trinajstić information content (AvgIpc) is 3.06. The smallest absolute Gasteiger partial charge is 0.410 e. The zero-order valence-electron chi connectivity index (χ0n) is 14.4. The number of pyridine rings is 1. The fourth-order valence-corrected chi connectivity index (χ4v) is 3.66. The third-order valence-electron chi connectivity index (χ3n) is 4.76. The van der Waals surface area contributed by atoms with Crippen molar-refractivity contribution in [3.63, 3.8) is 0 Å². The van der Waals surface area contributed by atoms with Crippen molar-refractivity contribution in [2.24, 2.45) is 5.41 Å². The molecular formula is C18H27N3O2. The lowest BCUT2D eigenvalue weighted by molar-refractivity contribution is 0.0274. The molecule has 0 N–H and O–H groups in total. The minimum Gasteiger partial charge on any atom is -0.444 e. The molecule has 1 unspecified atom stereocenters. The van der Waals surface area contributed by atoms with E-state index in [0.717, 1.165) is 45.6 Å². The average molecular weight is 317 g/mol. The summed E-state index contributed by atoms with van der Waals surface area (Å²) in [5.74, 6) is 0. The van der Waals surface area contributed by atoms with Gasteiger partial charge in [0.25, 0.3) is 0 Å². The highest BCUT2D eigenvalue weighted by Crippen LogP contribution is 2.40. The molecule has 3 rings (SSSR count). The van der Waals surface area contributed by atoms with E-state index in [1.165, 1.54) is 5.56 Å². The number of aromatic nitrogens is 1. The van der Waals surface area contributed by atoms with Gasteiger partial charge in [-0.15, -0.1) is 0 Å². The van der Waals surface area contributed by atoms with Gasteiger partial charge in [0.1, 0.15) is 5.60 Å². The van der Waals surface area contributed by atoms with Crippen LogP contribution in [0, 0.1) is 5.41 Å². The summed E-state index contributed by atoms with van der Waals surface area (Å²) in [5, 5.41) is 0. The number of carbonyl (C=O) groups is 1. The maximum Gasteiger partial charge on any atom is 0.410 e. The number of ether oxygens (including phenoxy) is 1. The summed E-state index contributed by atoms with van der Waals surface area (Å²) in [6, 6.07) is 4.15. The van der Waals surface area contributed by atoms with Crippen molar-refractivity contribution in [1.29, 1.82) is 0 Å². The van der Waals surface area contributed by atoms with Crippen molar-refractivity contribution in [3.8, 4) is 0 Å². The normalized spacial score (nSPS) is 25.3. The van der Waals surface area contributed by atoms with E-state index in [9.17, 15) is 4.79 Å². The molecule has 23 heavy (non-hydrogen) atoms. The second-order valence-electron chi connectivity index (χ2n) is 7.97. The van der Waals surface area contributed by atoms with E-state index in [-0.39, 0.29) is 11.5 Å². The van der Waals surface area contributed by atoms with Crippen LogP contribution in [0.15, 0.2) is 24.5 Å². The topological polar surface area (TPSA) is 45.7 Å².